The molecule has 2 heterocycles. The van der Waals surface area contributed by atoms with Crippen molar-refractivity contribution in [2.75, 3.05) is 39.5 Å². The van der Waals surface area contributed by atoms with E-state index < -0.39 is 0 Å². The van der Waals surface area contributed by atoms with Gasteiger partial charge in [0.25, 0.3) is 0 Å². The van der Waals surface area contributed by atoms with Gasteiger partial charge in [-0.1, -0.05) is 6.07 Å². The van der Waals surface area contributed by atoms with Gasteiger partial charge in [-0.25, -0.2) is 4.79 Å². The number of nitrogens with one attached hydrogen (secondary N) is 2. The maximum absolute atomic E-state index is 12.5. The first-order chi connectivity index (χ1) is 13.2. The number of carbonyl (C=O) groups excluding carboxylic acids is 1. The highest BCUT2D eigenvalue weighted by atomic mass is 16.5. The van der Waals surface area contributed by atoms with Crippen LogP contribution in [0.25, 0.3) is 10.9 Å². The molecule has 0 radical (unpaired) electrons. The van der Waals surface area contributed by atoms with Crippen molar-refractivity contribution < 1.29 is 14.3 Å². The van der Waals surface area contributed by atoms with Crippen LogP contribution in [0.3, 0.4) is 0 Å². The number of fused-ring (bicyclic) bond motifs is 1. The average molecular weight is 373 g/mol. The van der Waals surface area contributed by atoms with Gasteiger partial charge < -0.3 is 24.7 Å². The van der Waals surface area contributed by atoms with E-state index in [1.54, 1.807) is 0 Å². The van der Waals surface area contributed by atoms with Crippen molar-refractivity contribution in [2.24, 2.45) is 5.92 Å². The SMILES string of the molecule is CCOC[C@@H]1CCCN(C(=O)NCCc2c[nH]c3cccc(OCC)c23)C1. The third-order valence-electron chi connectivity index (χ3n) is 5.08. The van der Waals surface area contributed by atoms with Gasteiger partial charge in [0, 0.05) is 49.3 Å². The highest BCUT2D eigenvalue weighted by molar-refractivity contribution is 5.89. The van der Waals surface area contributed by atoms with Crippen LogP contribution in [-0.4, -0.2) is 55.4 Å². The lowest BCUT2D eigenvalue weighted by Gasteiger charge is -2.32. The predicted molar refractivity (Wildman–Crippen MR) is 107 cm³/mol. The summed E-state index contributed by atoms with van der Waals surface area (Å²) in [5.41, 5.74) is 2.24. The van der Waals surface area contributed by atoms with Gasteiger partial charge in [0.1, 0.15) is 5.75 Å². The maximum atomic E-state index is 12.5. The van der Waals surface area contributed by atoms with E-state index in [9.17, 15) is 4.79 Å². The lowest BCUT2D eigenvalue weighted by atomic mass is 9.99. The molecule has 0 spiro atoms. The molecule has 1 aliphatic rings. The molecule has 0 bridgehead atoms. The Morgan fingerprint density at radius 3 is 3.04 bits per heavy atom. The van der Waals surface area contributed by atoms with Gasteiger partial charge >= 0.3 is 6.03 Å². The number of piperidine rings is 1. The molecule has 0 aliphatic carbocycles. The van der Waals surface area contributed by atoms with E-state index in [1.165, 1.54) is 5.56 Å². The Balaban J connectivity index is 1.54. The number of carbonyl (C=O) groups is 1. The first-order valence-electron chi connectivity index (χ1n) is 10.0. The molecule has 148 valence electrons. The van der Waals surface area contributed by atoms with Gasteiger partial charge in [0.05, 0.1) is 13.2 Å². The van der Waals surface area contributed by atoms with Crippen LogP contribution >= 0.6 is 0 Å². The summed E-state index contributed by atoms with van der Waals surface area (Å²) in [7, 11) is 0. The minimum atomic E-state index is 0.0288. The molecule has 1 atom stereocenters. The van der Waals surface area contributed by atoms with Crippen molar-refractivity contribution >= 4 is 16.9 Å². The zero-order chi connectivity index (χ0) is 19.1. The maximum Gasteiger partial charge on any atom is 0.317 e. The summed E-state index contributed by atoms with van der Waals surface area (Å²) in [6.45, 7) is 8.34. The second-order valence-corrected chi connectivity index (χ2v) is 7.02. The number of hydrogen-bond donors (Lipinski definition) is 2. The lowest BCUT2D eigenvalue weighted by molar-refractivity contribution is 0.0757. The average Bonchev–Trinajstić information content (AvgIpc) is 3.11. The molecule has 1 aromatic carbocycles. The van der Waals surface area contributed by atoms with Crippen LogP contribution in [-0.2, 0) is 11.2 Å². The normalized spacial score (nSPS) is 17.3. The van der Waals surface area contributed by atoms with E-state index in [-0.39, 0.29) is 6.03 Å². The highest BCUT2D eigenvalue weighted by Crippen LogP contribution is 2.29. The van der Waals surface area contributed by atoms with Crippen molar-refractivity contribution in [3.8, 4) is 5.75 Å². The van der Waals surface area contributed by atoms with Crippen LogP contribution in [0.4, 0.5) is 4.79 Å². The number of hydrogen-bond acceptors (Lipinski definition) is 3. The summed E-state index contributed by atoms with van der Waals surface area (Å²) < 4.78 is 11.3. The van der Waals surface area contributed by atoms with Crippen molar-refractivity contribution in [3.05, 3.63) is 30.0 Å². The fourth-order valence-electron chi connectivity index (χ4n) is 3.78. The van der Waals surface area contributed by atoms with Gasteiger partial charge in [0.15, 0.2) is 0 Å². The molecule has 0 saturated carbocycles. The van der Waals surface area contributed by atoms with Crippen LogP contribution in [0, 0.1) is 5.92 Å². The monoisotopic (exact) mass is 373 g/mol. The molecule has 1 aromatic heterocycles. The third-order valence-corrected chi connectivity index (χ3v) is 5.08. The standard InChI is InChI=1S/C21H31N3O3/c1-3-26-15-16-7-6-12-24(14-16)21(25)22-11-10-17-13-23-18-8-5-9-19(20(17)18)27-4-2/h5,8-9,13,16,23H,3-4,6-7,10-12,14-15H2,1-2H3,(H,22,25)/t16-/m1/s1. The number of benzene rings is 1. The van der Waals surface area contributed by atoms with Gasteiger partial charge in [-0.3, -0.25) is 0 Å². The molecule has 3 rings (SSSR count). The molecule has 1 saturated heterocycles. The Hall–Kier alpha value is -2.21. The molecular weight excluding hydrogens is 342 g/mol. The number of nitrogens with zero attached hydrogens (tertiary/aromatic N) is 1. The van der Waals surface area contributed by atoms with Gasteiger partial charge in [-0.2, -0.15) is 0 Å². The fourth-order valence-corrected chi connectivity index (χ4v) is 3.78. The third kappa shape index (κ3) is 4.95. The summed E-state index contributed by atoms with van der Waals surface area (Å²) >= 11 is 0. The molecule has 27 heavy (non-hydrogen) atoms. The quantitative estimate of drug-likeness (QED) is 0.743. The Morgan fingerprint density at radius 1 is 1.33 bits per heavy atom. The molecule has 1 aliphatic heterocycles. The van der Waals surface area contributed by atoms with Crippen LogP contribution in [0.15, 0.2) is 24.4 Å². The largest absolute Gasteiger partial charge is 0.493 e. The van der Waals surface area contributed by atoms with Gasteiger partial charge in [-0.15, -0.1) is 0 Å². The minimum Gasteiger partial charge on any atom is -0.493 e. The Morgan fingerprint density at radius 2 is 2.22 bits per heavy atom. The van der Waals surface area contributed by atoms with Crippen LogP contribution in [0.1, 0.15) is 32.3 Å². The number of ether oxygens (including phenoxy) is 2. The van der Waals surface area contributed by atoms with E-state index in [2.05, 4.69) is 10.3 Å². The topological polar surface area (TPSA) is 66.6 Å². The molecule has 0 unspecified atom stereocenters. The van der Waals surface area contributed by atoms with Crippen LogP contribution < -0.4 is 10.1 Å². The molecule has 2 aromatic rings. The van der Waals surface area contributed by atoms with Gasteiger partial charge in [-0.05, 0) is 50.8 Å². The van der Waals surface area contributed by atoms with Crippen molar-refractivity contribution in [1.29, 1.82) is 0 Å². The van der Waals surface area contributed by atoms with E-state index in [1.807, 2.05) is 43.1 Å². The summed E-state index contributed by atoms with van der Waals surface area (Å²) in [4.78, 5) is 17.7. The van der Waals surface area contributed by atoms with E-state index in [0.717, 1.165) is 62.2 Å². The summed E-state index contributed by atoms with van der Waals surface area (Å²) in [5, 5.41) is 4.19. The van der Waals surface area contributed by atoms with Crippen molar-refractivity contribution in [3.63, 3.8) is 0 Å². The second-order valence-electron chi connectivity index (χ2n) is 7.02. The zero-order valence-corrected chi connectivity index (χ0v) is 16.4. The number of H-pyrrole nitrogens is 1. The number of likely N-dealkylation sites (tertiary alicyclic amines) is 1. The molecule has 2 amide bonds. The molecular formula is C21H31N3O3. The van der Waals surface area contributed by atoms with Crippen LogP contribution in [0.5, 0.6) is 5.75 Å². The smallest absolute Gasteiger partial charge is 0.317 e. The number of aromatic nitrogens is 1. The molecule has 1 fully saturated rings. The Kier molecular flexibility index (Phi) is 6.98. The predicted octanol–water partition coefficient (Wildman–Crippen LogP) is 3.57. The molecule has 6 heteroatoms. The molecule has 2 N–H and O–H groups in total. The number of aromatic amines is 1. The second kappa shape index (κ2) is 9.65. The van der Waals surface area contributed by atoms with Crippen molar-refractivity contribution in [1.82, 2.24) is 15.2 Å². The lowest BCUT2D eigenvalue weighted by Crippen LogP contribution is -2.46. The summed E-state index contributed by atoms with van der Waals surface area (Å²) in [5.74, 6) is 1.35. The van der Waals surface area contributed by atoms with Crippen molar-refractivity contribution in [2.45, 2.75) is 33.1 Å². The highest BCUT2D eigenvalue weighted by Gasteiger charge is 2.23. The first kappa shape index (κ1) is 19.5. The van der Waals surface area contributed by atoms with Gasteiger partial charge in [0.2, 0.25) is 0 Å². The zero-order valence-electron chi connectivity index (χ0n) is 16.4. The summed E-state index contributed by atoms with van der Waals surface area (Å²) in [6.07, 6.45) is 4.97. The Labute approximate surface area is 161 Å². The van der Waals surface area contributed by atoms with Crippen LogP contribution in [0.2, 0.25) is 0 Å². The summed E-state index contributed by atoms with van der Waals surface area (Å²) in [6, 6.07) is 6.06. The molecule has 6 nitrogen and oxygen atoms in total. The first-order valence-corrected chi connectivity index (χ1v) is 10.0. The fraction of sp³-hybridized carbons (Fsp3) is 0.571. The van der Waals surface area contributed by atoms with E-state index >= 15 is 0 Å². The number of rotatable bonds is 8. The van der Waals surface area contributed by atoms with E-state index in [0.29, 0.717) is 19.1 Å². The minimum absolute atomic E-state index is 0.0288. The Bertz CT molecular complexity index is 743. The number of urea groups is 1. The number of amides is 2. The van der Waals surface area contributed by atoms with E-state index in [4.69, 9.17) is 9.47 Å².